The summed E-state index contributed by atoms with van der Waals surface area (Å²) in [5, 5.41) is 1.38. The Bertz CT molecular complexity index is 596. The van der Waals surface area contributed by atoms with Gasteiger partial charge in [-0.05, 0) is 19.1 Å². The fraction of sp³-hybridized carbons (Fsp3) is 0.400. The Balaban J connectivity index is 1.82. The number of nitrogens with zero attached hydrogens (tertiary/aromatic N) is 3. The summed E-state index contributed by atoms with van der Waals surface area (Å²) in [6, 6.07) is 8.56. The highest BCUT2D eigenvalue weighted by atomic mass is 16.5. The lowest BCUT2D eigenvalue weighted by molar-refractivity contribution is -0.128. The van der Waals surface area contributed by atoms with Crippen LogP contribution in [0.1, 0.15) is 6.92 Å². The molecule has 116 valence electrons. The number of nitrogens with one attached hydrogen (secondary N) is 1. The van der Waals surface area contributed by atoms with Crippen molar-refractivity contribution in [1.82, 2.24) is 10.3 Å². The van der Waals surface area contributed by atoms with Gasteiger partial charge >= 0.3 is 0 Å². The normalized spacial score (nSPS) is 22.1. The highest BCUT2D eigenvalue weighted by Crippen LogP contribution is 2.16. The van der Waals surface area contributed by atoms with E-state index in [1.807, 2.05) is 18.2 Å². The van der Waals surface area contributed by atoms with E-state index < -0.39 is 6.04 Å². The molecule has 2 aliphatic heterocycles. The molecule has 22 heavy (non-hydrogen) atoms. The lowest BCUT2D eigenvalue weighted by Gasteiger charge is -2.33. The third kappa shape index (κ3) is 2.80. The van der Waals surface area contributed by atoms with Gasteiger partial charge in [0.25, 0.3) is 11.8 Å². The number of carbonyl (C=O) groups excluding carboxylic acids is 2. The summed E-state index contributed by atoms with van der Waals surface area (Å²) in [6.07, 6.45) is 0. The van der Waals surface area contributed by atoms with Crippen molar-refractivity contribution in [2.45, 2.75) is 13.0 Å². The molecule has 1 atom stereocenters. The lowest BCUT2D eigenvalue weighted by Crippen LogP contribution is -2.59. The quantitative estimate of drug-likeness (QED) is 0.846. The number of benzene rings is 1. The van der Waals surface area contributed by atoms with Gasteiger partial charge in [-0.25, -0.2) is 10.0 Å². The first-order valence-electron chi connectivity index (χ1n) is 7.27. The molecule has 0 saturated carbocycles. The van der Waals surface area contributed by atoms with Gasteiger partial charge in [0.05, 0.1) is 18.9 Å². The zero-order valence-electron chi connectivity index (χ0n) is 12.4. The van der Waals surface area contributed by atoms with E-state index in [0.29, 0.717) is 32.0 Å². The van der Waals surface area contributed by atoms with Crippen LogP contribution in [0.5, 0.6) is 0 Å². The molecule has 1 aromatic rings. The summed E-state index contributed by atoms with van der Waals surface area (Å²) >= 11 is 0. The zero-order chi connectivity index (χ0) is 15.5. The molecule has 3 rings (SSSR count). The van der Waals surface area contributed by atoms with Crippen LogP contribution in [0.2, 0.25) is 0 Å². The maximum absolute atomic E-state index is 12.5. The topological polar surface area (TPSA) is 74.2 Å². The monoisotopic (exact) mass is 302 g/mol. The van der Waals surface area contributed by atoms with Gasteiger partial charge in [0.2, 0.25) is 5.84 Å². The summed E-state index contributed by atoms with van der Waals surface area (Å²) in [5.74, 6) is -0.203. The van der Waals surface area contributed by atoms with Crippen LogP contribution in [-0.2, 0) is 14.3 Å². The number of morpholine rings is 1. The van der Waals surface area contributed by atoms with Gasteiger partial charge in [-0.15, -0.1) is 0 Å². The Morgan fingerprint density at radius 2 is 1.95 bits per heavy atom. The summed E-state index contributed by atoms with van der Waals surface area (Å²) < 4.78 is 5.25. The number of anilines is 1. The van der Waals surface area contributed by atoms with Crippen molar-refractivity contribution in [3.05, 3.63) is 30.3 Å². The molecular weight excluding hydrogens is 284 g/mol. The first-order chi connectivity index (χ1) is 10.7. The van der Waals surface area contributed by atoms with E-state index in [2.05, 4.69) is 10.4 Å². The Morgan fingerprint density at radius 3 is 2.64 bits per heavy atom. The molecule has 1 aromatic carbocycles. The van der Waals surface area contributed by atoms with Gasteiger partial charge in [0, 0.05) is 13.1 Å². The van der Waals surface area contributed by atoms with E-state index in [1.54, 1.807) is 24.0 Å². The van der Waals surface area contributed by atoms with Gasteiger partial charge < -0.3 is 9.64 Å². The number of hydrazine groups is 1. The number of rotatable bonds is 2. The average Bonchev–Trinajstić information content (AvgIpc) is 2.58. The molecule has 0 unspecified atom stereocenters. The number of para-hydroxylation sites is 1. The molecule has 1 N–H and O–H groups in total. The number of amides is 2. The van der Waals surface area contributed by atoms with Crippen molar-refractivity contribution in [2.75, 3.05) is 31.3 Å². The van der Waals surface area contributed by atoms with Crippen LogP contribution in [0.4, 0.5) is 5.69 Å². The summed E-state index contributed by atoms with van der Waals surface area (Å²) in [5.41, 5.74) is 3.53. The van der Waals surface area contributed by atoms with E-state index in [4.69, 9.17) is 4.74 Å². The van der Waals surface area contributed by atoms with Crippen molar-refractivity contribution < 1.29 is 14.3 Å². The highest BCUT2D eigenvalue weighted by Gasteiger charge is 2.32. The number of carbonyl (C=O) groups is 2. The third-order valence-corrected chi connectivity index (χ3v) is 3.63. The third-order valence-electron chi connectivity index (χ3n) is 3.63. The van der Waals surface area contributed by atoms with E-state index in [9.17, 15) is 9.59 Å². The second-order valence-corrected chi connectivity index (χ2v) is 5.18. The maximum atomic E-state index is 12.5. The predicted molar refractivity (Wildman–Crippen MR) is 81.4 cm³/mol. The van der Waals surface area contributed by atoms with Crippen LogP contribution in [-0.4, -0.2) is 54.9 Å². The summed E-state index contributed by atoms with van der Waals surface area (Å²) in [6.45, 7) is 3.80. The van der Waals surface area contributed by atoms with Gasteiger partial charge in [0.1, 0.15) is 6.04 Å². The fourth-order valence-corrected chi connectivity index (χ4v) is 2.41. The molecule has 0 radical (unpaired) electrons. The molecule has 1 saturated heterocycles. The van der Waals surface area contributed by atoms with E-state index in [-0.39, 0.29) is 17.6 Å². The van der Waals surface area contributed by atoms with Crippen LogP contribution in [0.15, 0.2) is 35.3 Å². The largest absolute Gasteiger partial charge is 0.378 e. The fourth-order valence-electron chi connectivity index (χ4n) is 2.41. The average molecular weight is 302 g/mol. The van der Waals surface area contributed by atoms with Crippen LogP contribution in [0.25, 0.3) is 0 Å². The zero-order valence-corrected chi connectivity index (χ0v) is 12.4. The second-order valence-electron chi connectivity index (χ2n) is 5.18. The summed E-state index contributed by atoms with van der Waals surface area (Å²) in [7, 11) is 0. The van der Waals surface area contributed by atoms with Crippen molar-refractivity contribution in [3.8, 4) is 0 Å². The molecule has 1 fully saturated rings. The van der Waals surface area contributed by atoms with Gasteiger partial charge in [-0.3, -0.25) is 15.0 Å². The second kappa shape index (κ2) is 6.15. The molecule has 2 aliphatic rings. The molecule has 0 aromatic heterocycles. The molecule has 0 aliphatic carbocycles. The van der Waals surface area contributed by atoms with Gasteiger partial charge in [0.15, 0.2) is 0 Å². The molecular formula is C15H18N4O3. The van der Waals surface area contributed by atoms with Crippen LogP contribution >= 0.6 is 0 Å². The molecule has 7 heteroatoms. The van der Waals surface area contributed by atoms with Crippen molar-refractivity contribution in [3.63, 3.8) is 0 Å². The minimum atomic E-state index is -0.596. The Kier molecular flexibility index (Phi) is 4.06. The molecule has 2 amide bonds. The van der Waals surface area contributed by atoms with Gasteiger partial charge in [-0.1, -0.05) is 18.2 Å². The minimum Gasteiger partial charge on any atom is -0.378 e. The van der Waals surface area contributed by atoms with Gasteiger partial charge in [-0.2, -0.15) is 0 Å². The minimum absolute atomic E-state index is 0.190. The lowest BCUT2D eigenvalue weighted by atomic mass is 10.2. The van der Waals surface area contributed by atoms with E-state index in [0.717, 1.165) is 0 Å². The number of hydrogen-bond acceptors (Lipinski definition) is 5. The molecule has 2 heterocycles. The standard InChI is InChI=1S/C15H18N4O3/c1-11-14(20)19(12-5-3-2-4-6-12)17-13(16-11)15(21)18-7-9-22-10-8-18/h2-6,11H,7-10H2,1H3,(H,16,17)/t11-/m0/s1. The van der Waals surface area contributed by atoms with Crippen molar-refractivity contribution >= 4 is 23.3 Å². The summed E-state index contributed by atoms with van der Waals surface area (Å²) in [4.78, 5) is 30.7. The maximum Gasteiger partial charge on any atom is 0.290 e. The van der Waals surface area contributed by atoms with Crippen LogP contribution in [0.3, 0.4) is 0 Å². The number of ether oxygens (including phenoxy) is 1. The first kappa shape index (κ1) is 14.5. The highest BCUT2D eigenvalue weighted by molar-refractivity contribution is 6.39. The Hall–Kier alpha value is -2.41. The molecule has 0 bridgehead atoms. The van der Waals surface area contributed by atoms with Crippen molar-refractivity contribution in [2.24, 2.45) is 4.99 Å². The molecule has 7 nitrogen and oxygen atoms in total. The Morgan fingerprint density at radius 1 is 1.27 bits per heavy atom. The van der Waals surface area contributed by atoms with Crippen molar-refractivity contribution in [1.29, 1.82) is 0 Å². The smallest absolute Gasteiger partial charge is 0.290 e. The van der Waals surface area contributed by atoms with E-state index >= 15 is 0 Å². The SMILES string of the molecule is C[C@@H]1N=C(C(=O)N2CCOCC2)NN(c2ccccc2)C1=O. The predicted octanol–water partition coefficient (Wildman–Crippen LogP) is 0.184. The first-order valence-corrected chi connectivity index (χ1v) is 7.27. The number of amidine groups is 1. The van der Waals surface area contributed by atoms with E-state index in [1.165, 1.54) is 5.01 Å². The van der Waals surface area contributed by atoms with Crippen LogP contribution in [0, 0.1) is 0 Å². The Labute approximate surface area is 128 Å². The van der Waals surface area contributed by atoms with Crippen LogP contribution < -0.4 is 10.4 Å². The molecule has 0 spiro atoms. The number of hydrogen-bond donors (Lipinski definition) is 1. The number of aliphatic imine (C=N–C) groups is 1.